The first-order valence-corrected chi connectivity index (χ1v) is 8.53. The van der Waals surface area contributed by atoms with E-state index in [0.717, 1.165) is 10.9 Å². The van der Waals surface area contributed by atoms with E-state index in [1.165, 1.54) is 7.11 Å². The van der Waals surface area contributed by atoms with Crippen LogP contribution in [0.15, 0.2) is 60.7 Å². The van der Waals surface area contributed by atoms with E-state index < -0.39 is 24.5 Å². The summed E-state index contributed by atoms with van der Waals surface area (Å²) in [6.45, 7) is -0.167. The van der Waals surface area contributed by atoms with Gasteiger partial charge in [-0.25, -0.2) is 14.6 Å². The minimum atomic E-state index is -0.664. The highest BCUT2D eigenvalue weighted by Gasteiger charge is 2.12. The van der Waals surface area contributed by atoms with Crippen molar-refractivity contribution in [1.29, 1.82) is 0 Å². The molecule has 1 aromatic heterocycles. The number of fused-ring (bicyclic) bond motifs is 1. The van der Waals surface area contributed by atoms with Crippen molar-refractivity contribution in [2.24, 2.45) is 0 Å². The Labute approximate surface area is 161 Å². The van der Waals surface area contributed by atoms with Gasteiger partial charge in [-0.15, -0.1) is 0 Å². The first-order valence-electron chi connectivity index (χ1n) is 8.53. The molecule has 0 aliphatic carbocycles. The number of nitrogens with one attached hydrogen (secondary N) is 1. The van der Waals surface area contributed by atoms with E-state index in [4.69, 9.17) is 4.74 Å². The molecule has 1 amide bonds. The number of benzene rings is 2. The van der Waals surface area contributed by atoms with Gasteiger partial charge in [0, 0.05) is 11.9 Å². The van der Waals surface area contributed by atoms with E-state index in [1.807, 2.05) is 18.2 Å². The molecule has 0 radical (unpaired) electrons. The monoisotopic (exact) mass is 378 g/mol. The number of amides is 1. The van der Waals surface area contributed by atoms with Gasteiger partial charge < -0.3 is 14.8 Å². The maximum absolute atomic E-state index is 12.1. The fraction of sp³-hybridized carbons (Fsp3) is 0.143. The fourth-order valence-electron chi connectivity index (χ4n) is 2.51. The molecule has 3 aromatic rings. The third-order valence-electron chi connectivity index (χ3n) is 4.01. The Kier molecular flexibility index (Phi) is 5.96. The van der Waals surface area contributed by atoms with E-state index in [0.29, 0.717) is 11.1 Å². The molecular weight excluding hydrogens is 360 g/mol. The van der Waals surface area contributed by atoms with E-state index >= 15 is 0 Å². The van der Waals surface area contributed by atoms with Crippen molar-refractivity contribution in [2.45, 2.75) is 6.54 Å². The molecule has 0 spiro atoms. The van der Waals surface area contributed by atoms with Crippen LogP contribution in [0.4, 0.5) is 0 Å². The second-order valence-electron chi connectivity index (χ2n) is 5.93. The first-order chi connectivity index (χ1) is 13.6. The number of hydrogen-bond donors (Lipinski definition) is 1. The highest BCUT2D eigenvalue weighted by molar-refractivity contribution is 5.92. The number of para-hydroxylation sites is 1. The Bertz CT molecular complexity index is 1010. The zero-order chi connectivity index (χ0) is 19.9. The average molecular weight is 378 g/mol. The minimum absolute atomic E-state index is 0.143. The van der Waals surface area contributed by atoms with Gasteiger partial charge in [0.15, 0.2) is 6.61 Å². The molecule has 0 aliphatic heterocycles. The molecule has 7 heteroatoms. The molecule has 0 saturated carbocycles. The molecule has 142 valence electrons. The summed E-state index contributed by atoms with van der Waals surface area (Å²) in [6, 6.07) is 17.4. The molecule has 0 unspecified atom stereocenters. The van der Waals surface area contributed by atoms with Gasteiger partial charge in [0.1, 0.15) is 5.69 Å². The molecule has 0 fully saturated rings. The number of aromatic nitrogens is 1. The molecule has 1 heterocycles. The highest BCUT2D eigenvalue weighted by atomic mass is 16.5. The lowest BCUT2D eigenvalue weighted by Gasteiger charge is -2.07. The highest BCUT2D eigenvalue weighted by Crippen LogP contribution is 2.12. The molecule has 0 saturated heterocycles. The topological polar surface area (TPSA) is 94.6 Å². The number of pyridine rings is 1. The van der Waals surface area contributed by atoms with E-state index in [1.54, 1.807) is 42.5 Å². The zero-order valence-electron chi connectivity index (χ0n) is 15.2. The van der Waals surface area contributed by atoms with Gasteiger partial charge in [-0.1, -0.05) is 36.4 Å². The van der Waals surface area contributed by atoms with Crippen LogP contribution >= 0.6 is 0 Å². The van der Waals surface area contributed by atoms with Crippen LogP contribution in [-0.2, 0) is 20.8 Å². The number of nitrogens with zero attached hydrogens (tertiary/aromatic N) is 1. The molecule has 0 aliphatic rings. The van der Waals surface area contributed by atoms with Crippen molar-refractivity contribution in [3.63, 3.8) is 0 Å². The van der Waals surface area contributed by atoms with Crippen molar-refractivity contribution in [2.75, 3.05) is 13.7 Å². The largest absolute Gasteiger partial charge is 0.465 e. The molecule has 28 heavy (non-hydrogen) atoms. The van der Waals surface area contributed by atoms with Gasteiger partial charge in [-0.2, -0.15) is 0 Å². The number of carbonyl (C=O) groups is 3. The quantitative estimate of drug-likeness (QED) is 0.662. The SMILES string of the molecule is COC(=O)c1ccc(CNC(=O)COC(=O)c2ccc3ccccc3n2)cc1. The van der Waals surface area contributed by atoms with Crippen LogP contribution < -0.4 is 5.32 Å². The van der Waals surface area contributed by atoms with Gasteiger partial charge in [-0.05, 0) is 29.8 Å². The number of carbonyl (C=O) groups excluding carboxylic acids is 3. The van der Waals surface area contributed by atoms with Crippen LogP contribution in [0, 0.1) is 0 Å². The number of rotatable bonds is 6. The molecule has 2 aromatic carbocycles. The molecule has 7 nitrogen and oxygen atoms in total. The summed E-state index contributed by atoms with van der Waals surface area (Å²) in [5.74, 6) is -1.53. The summed E-state index contributed by atoms with van der Waals surface area (Å²) in [7, 11) is 1.31. The van der Waals surface area contributed by atoms with Crippen molar-refractivity contribution in [1.82, 2.24) is 10.3 Å². The molecular formula is C21H18N2O5. The second kappa shape index (κ2) is 8.77. The number of esters is 2. The van der Waals surface area contributed by atoms with Crippen LogP contribution in [0.3, 0.4) is 0 Å². The summed E-state index contributed by atoms with van der Waals surface area (Å²) < 4.78 is 9.64. The predicted molar refractivity (Wildman–Crippen MR) is 102 cm³/mol. The Balaban J connectivity index is 1.49. The molecule has 1 N–H and O–H groups in total. The van der Waals surface area contributed by atoms with E-state index in [9.17, 15) is 14.4 Å². The van der Waals surface area contributed by atoms with Crippen LogP contribution in [0.1, 0.15) is 26.4 Å². The molecule has 3 rings (SSSR count). The van der Waals surface area contributed by atoms with Crippen molar-refractivity contribution >= 4 is 28.7 Å². The van der Waals surface area contributed by atoms with Crippen molar-refractivity contribution in [3.8, 4) is 0 Å². The Hall–Kier alpha value is -3.74. The number of hydrogen-bond acceptors (Lipinski definition) is 6. The summed E-state index contributed by atoms with van der Waals surface area (Å²) in [6.07, 6.45) is 0. The van der Waals surface area contributed by atoms with Gasteiger partial charge in [-0.3, -0.25) is 4.79 Å². The third-order valence-corrected chi connectivity index (χ3v) is 4.01. The van der Waals surface area contributed by atoms with Gasteiger partial charge in [0.25, 0.3) is 5.91 Å². The molecule has 0 atom stereocenters. The van der Waals surface area contributed by atoms with Crippen LogP contribution in [0.5, 0.6) is 0 Å². The standard InChI is InChI=1S/C21H18N2O5/c1-27-20(25)16-8-6-14(7-9-16)12-22-19(24)13-28-21(26)18-11-10-15-4-2-3-5-17(15)23-18/h2-11H,12-13H2,1H3,(H,22,24). The lowest BCUT2D eigenvalue weighted by molar-refractivity contribution is -0.124. The van der Waals surface area contributed by atoms with E-state index in [2.05, 4.69) is 15.0 Å². The zero-order valence-corrected chi connectivity index (χ0v) is 15.2. The average Bonchev–Trinajstić information content (AvgIpc) is 2.75. The summed E-state index contributed by atoms with van der Waals surface area (Å²) in [5.41, 5.74) is 2.04. The molecule has 0 bridgehead atoms. The summed E-state index contributed by atoms with van der Waals surface area (Å²) in [5, 5.41) is 3.56. The number of methoxy groups -OCH3 is 1. The van der Waals surface area contributed by atoms with Gasteiger partial charge >= 0.3 is 11.9 Å². The Morgan fingerprint density at radius 1 is 0.929 bits per heavy atom. The predicted octanol–water partition coefficient (Wildman–Crippen LogP) is 2.49. The lowest BCUT2D eigenvalue weighted by atomic mass is 10.1. The van der Waals surface area contributed by atoms with Crippen LogP contribution in [0.2, 0.25) is 0 Å². The maximum Gasteiger partial charge on any atom is 0.357 e. The van der Waals surface area contributed by atoms with E-state index in [-0.39, 0.29) is 12.2 Å². The summed E-state index contributed by atoms with van der Waals surface area (Å²) in [4.78, 5) is 39.6. The smallest absolute Gasteiger partial charge is 0.357 e. The number of ether oxygens (including phenoxy) is 2. The lowest BCUT2D eigenvalue weighted by Crippen LogP contribution is -2.28. The summed E-state index contributed by atoms with van der Waals surface area (Å²) >= 11 is 0. The maximum atomic E-state index is 12.1. The van der Waals surface area contributed by atoms with Crippen molar-refractivity contribution < 1.29 is 23.9 Å². The van der Waals surface area contributed by atoms with Crippen LogP contribution in [-0.4, -0.2) is 36.5 Å². The Morgan fingerprint density at radius 3 is 2.43 bits per heavy atom. The first kappa shape index (κ1) is 19.0. The second-order valence-corrected chi connectivity index (χ2v) is 5.93. The van der Waals surface area contributed by atoms with Gasteiger partial charge in [0.05, 0.1) is 18.2 Å². The van der Waals surface area contributed by atoms with Crippen LogP contribution in [0.25, 0.3) is 10.9 Å². The third kappa shape index (κ3) is 4.70. The minimum Gasteiger partial charge on any atom is -0.465 e. The Morgan fingerprint density at radius 2 is 1.68 bits per heavy atom. The van der Waals surface area contributed by atoms with Gasteiger partial charge in [0.2, 0.25) is 0 Å². The normalized spacial score (nSPS) is 10.3. The van der Waals surface area contributed by atoms with Crippen molar-refractivity contribution in [3.05, 3.63) is 77.5 Å². The fourth-order valence-corrected chi connectivity index (χ4v) is 2.51.